The lowest BCUT2D eigenvalue weighted by atomic mass is 10.1. The maximum Gasteiger partial charge on any atom is 0.253 e. The molecule has 3 heterocycles. The molecule has 3 rings (SSSR count). The van der Waals surface area contributed by atoms with Crippen molar-refractivity contribution < 1.29 is 9.18 Å². The molecule has 2 aromatic rings. The number of fused-ring (bicyclic) bond motifs is 3. The largest absolute Gasteiger partial charge is 0.403 e. The van der Waals surface area contributed by atoms with Gasteiger partial charge >= 0.3 is 0 Å². The van der Waals surface area contributed by atoms with Gasteiger partial charge in [-0.15, -0.1) is 0 Å². The highest BCUT2D eigenvalue weighted by molar-refractivity contribution is 6.08. The first-order valence-electron chi connectivity index (χ1n) is 7.67. The standard InChI is InChI=1S/C16H19FN6O/c1-23-12-4-6-20-16(24)14(12)11-2-3-13(22-15(11)23)21-10(8-18)9-19-7-5-17/h2-3,8-9H,4-7,18H2,1H3,(H,20,24)(H,21,22). The summed E-state index contributed by atoms with van der Waals surface area (Å²) in [6, 6.07) is 3.64. The Morgan fingerprint density at radius 2 is 2.42 bits per heavy atom. The molecule has 0 radical (unpaired) electrons. The second-order valence-electron chi connectivity index (χ2n) is 5.43. The number of carbonyl (C=O) groups is 1. The lowest BCUT2D eigenvalue weighted by Gasteiger charge is -2.13. The van der Waals surface area contributed by atoms with Crippen LogP contribution in [0.3, 0.4) is 0 Å². The van der Waals surface area contributed by atoms with Gasteiger partial charge in [-0.25, -0.2) is 9.37 Å². The third-order valence-corrected chi connectivity index (χ3v) is 3.93. The summed E-state index contributed by atoms with van der Waals surface area (Å²) in [4.78, 5) is 20.6. The summed E-state index contributed by atoms with van der Waals surface area (Å²) in [6.07, 6.45) is 3.59. The Kier molecular flexibility index (Phi) is 4.45. The summed E-state index contributed by atoms with van der Waals surface area (Å²) in [6.45, 7) is 0.201. The van der Waals surface area contributed by atoms with Crippen LogP contribution >= 0.6 is 0 Å². The predicted octanol–water partition coefficient (Wildman–Crippen LogP) is 1.11. The van der Waals surface area contributed by atoms with Gasteiger partial charge < -0.3 is 20.9 Å². The van der Waals surface area contributed by atoms with Gasteiger partial charge in [0.05, 0.1) is 17.8 Å². The van der Waals surface area contributed by atoms with E-state index in [1.54, 1.807) is 6.07 Å². The zero-order chi connectivity index (χ0) is 17.1. The number of halogens is 1. The molecule has 126 valence electrons. The molecule has 0 saturated heterocycles. The zero-order valence-corrected chi connectivity index (χ0v) is 13.3. The fourth-order valence-corrected chi connectivity index (χ4v) is 2.83. The van der Waals surface area contributed by atoms with E-state index in [0.717, 1.165) is 23.1 Å². The molecule has 24 heavy (non-hydrogen) atoms. The Balaban J connectivity index is 1.95. The topological polar surface area (TPSA) is 97.3 Å². The van der Waals surface area contributed by atoms with Crippen molar-refractivity contribution in [2.45, 2.75) is 6.42 Å². The quantitative estimate of drug-likeness (QED) is 0.716. The normalized spacial score (nSPS) is 14.9. The number of aryl methyl sites for hydroxylation is 1. The third-order valence-electron chi connectivity index (χ3n) is 3.93. The summed E-state index contributed by atoms with van der Waals surface area (Å²) in [5, 5.41) is 6.72. The number of carbonyl (C=O) groups excluding carboxylic acids is 1. The SMILES string of the molecule is Cn1c2c(c3ccc(NC(C=NCCF)=CN)nc31)C(=O)NCC2. The lowest BCUT2D eigenvalue weighted by Crippen LogP contribution is -2.32. The Hall–Kier alpha value is -2.90. The minimum absolute atomic E-state index is 0.0646. The maximum absolute atomic E-state index is 12.1. The number of nitrogens with zero attached hydrogens (tertiary/aromatic N) is 3. The van der Waals surface area contributed by atoms with E-state index in [1.807, 2.05) is 17.7 Å². The number of hydrogen-bond acceptors (Lipinski definition) is 5. The van der Waals surface area contributed by atoms with E-state index in [2.05, 4.69) is 20.6 Å². The Labute approximate surface area is 138 Å². The molecule has 0 atom stereocenters. The molecule has 1 aliphatic rings. The van der Waals surface area contributed by atoms with Crippen molar-refractivity contribution in [1.29, 1.82) is 0 Å². The van der Waals surface area contributed by atoms with Crippen molar-refractivity contribution in [3.8, 4) is 0 Å². The van der Waals surface area contributed by atoms with Crippen LogP contribution in [-0.4, -0.2) is 41.4 Å². The summed E-state index contributed by atoms with van der Waals surface area (Å²) in [5.74, 6) is 0.509. The molecule has 0 aromatic carbocycles. The molecule has 1 amide bonds. The minimum Gasteiger partial charge on any atom is -0.403 e. The number of hydrogen-bond donors (Lipinski definition) is 3. The monoisotopic (exact) mass is 330 g/mol. The van der Waals surface area contributed by atoms with Crippen LogP contribution in [-0.2, 0) is 13.5 Å². The van der Waals surface area contributed by atoms with Crippen LogP contribution in [0.1, 0.15) is 16.1 Å². The lowest BCUT2D eigenvalue weighted by molar-refractivity contribution is 0.0947. The number of alkyl halides is 1. The molecule has 7 nitrogen and oxygen atoms in total. The van der Waals surface area contributed by atoms with Gasteiger partial charge in [0.2, 0.25) is 0 Å². The van der Waals surface area contributed by atoms with Crippen molar-refractivity contribution >= 4 is 29.0 Å². The van der Waals surface area contributed by atoms with Crippen LogP contribution in [0.15, 0.2) is 29.0 Å². The Morgan fingerprint density at radius 1 is 1.58 bits per heavy atom. The Morgan fingerprint density at radius 3 is 3.17 bits per heavy atom. The van der Waals surface area contributed by atoms with E-state index < -0.39 is 6.67 Å². The van der Waals surface area contributed by atoms with E-state index in [1.165, 1.54) is 12.4 Å². The van der Waals surface area contributed by atoms with Crippen LogP contribution in [0.2, 0.25) is 0 Å². The van der Waals surface area contributed by atoms with Crippen molar-refractivity contribution in [2.24, 2.45) is 17.8 Å². The van der Waals surface area contributed by atoms with E-state index in [-0.39, 0.29) is 12.5 Å². The third kappa shape index (κ3) is 2.82. The van der Waals surface area contributed by atoms with Gasteiger partial charge in [0.1, 0.15) is 18.1 Å². The van der Waals surface area contributed by atoms with Gasteiger partial charge in [0.15, 0.2) is 0 Å². The number of rotatable bonds is 5. The summed E-state index contributed by atoms with van der Waals surface area (Å²) in [5.41, 5.74) is 8.46. The maximum atomic E-state index is 12.1. The van der Waals surface area contributed by atoms with Crippen molar-refractivity contribution in [3.05, 3.63) is 35.3 Å². The molecule has 1 aliphatic heterocycles. The summed E-state index contributed by atoms with van der Waals surface area (Å²) >= 11 is 0. The smallest absolute Gasteiger partial charge is 0.253 e. The number of allylic oxidation sites excluding steroid dienone is 1. The van der Waals surface area contributed by atoms with E-state index in [4.69, 9.17) is 5.73 Å². The number of aliphatic imine (C=N–C) groups is 1. The molecule has 4 N–H and O–H groups in total. The first-order valence-corrected chi connectivity index (χ1v) is 7.67. The van der Waals surface area contributed by atoms with Crippen LogP contribution in [0.25, 0.3) is 11.0 Å². The second-order valence-corrected chi connectivity index (χ2v) is 5.43. The number of aromatic nitrogens is 2. The summed E-state index contributed by atoms with van der Waals surface area (Å²) in [7, 11) is 1.90. The molecule has 0 saturated carbocycles. The van der Waals surface area contributed by atoms with Gasteiger partial charge in [0.25, 0.3) is 5.91 Å². The average Bonchev–Trinajstić information content (AvgIpc) is 2.88. The molecule has 0 bridgehead atoms. The van der Waals surface area contributed by atoms with E-state index >= 15 is 0 Å². The number of nitrogens with one attached hydrogen (secondary N) is 2. The number of amides is 1. The number of nitrogens with two attached hydrogens (primary N) is 1. The van der Waals surface area contributed by atoms with Gasteiger partial charge in [-0.1, -0.05) is 0 Å². The average molecular weight is 330 g/mol. The first kappa shape index (κ1) is 16.0. The fourth-order valence-electron chi connectivity index (χ4n) is 2.83. The molecule has 8 heteroatoms. The molecule has 0 unspecified atom stereocenters. The van der Waals surface area contributed by atoms with Gasteiger partial charge in [-0.2, -0.15) is 0 Å². The predicted molar refractivity (Wildman–Crippen MR) is 92.0 cm³/mol. The van der Waals surface area contributed by atoms with Crippen LogP contribution in [0, 0.1) is 0 Å². The van der Waals surface area contributed by atoms with Gasteiger partial charge in [0, 0.05) is 43.5 Å². The number of anilines is 1. The Bertz CT molecular complexity index is 839. The summed E-state index contributed by atoms with van der Waals surface area (Å²) < 4.78 is 14.0. The van der Waals surface area contributed by atoms with Crippen molar-refractivity contribution in [1.82, 2.24) is 14.9 Å². The first-order chi connectivity index (χ1) is 11.7. The van der Waals surface area contributed by atoms with Gasteiger partial charge in [-0.05, 0) is 12.1 Å². The zero-order valence-electron chi connectivity index (χ0n) is 13.3. The number of pyridine rings is 1. The second kappa shape index (κ2) is 6.69. The van der Waals surface area contributed by atoms with Crippen LogP contribution in [0.5, 0.6) is 0 Å². The highest BCUT2D eigenvalue weighted by Gasteiger charge is 2.25. The highest BCUT2D eigenvalue weighted by Crippen LogP contribution is 2.27. The van der Waals surface area contributed by atoms with Crippen molar-refractivity contribution in [3.63, 3.8) is 0 Å². The van der Waals surface area contributed by atoms with Crippen molar-refractivity contribution in [2.75, 3.05) is 25.1 Å². The van der Waals surface area contributed by atoms with E-state index in [0.29, 0.717) is 23.6 Å². The molecule has 2 aromatic heterocycles. The minimum atomic E-state index is -0.518. The molecular formula is C16H19FN6O. The van der Waals surface area contributed by atoms with Gasteiger partial charge in [-0.3, -0.25) is 9.79 Å². The molecule has 0 fully saturated rings. The van der Waals surface area contributed by atoms with Crippen LogP contribution < -0.4 is 16.4 Å². The molecule has 0 aliphatic carbocycles. The van der Waals surface area contributed by atoms with Crippen LogP contribution in [0.4, 0.5) is 10.2 Å². The van der Waals surface area contributed by atoms with E-state index in [9.17, 15) is 9.18 Å². The highest BCUT2D eigenvalue weighted by atomic mass is 19.1. The molecular weight excluding hydrogens is 311 g/mol. The molecule has 0 spiro atoms. The fraction of sp³-hybridized carbons (Fsp3) is 0.312.